The minimum absolute atomic E-state index is 0.179. The van der Waals surface area contributed by atoms with Gasteiger partial charge in [0.25, 0.3) is 0 Å². The Hall–Kier alpha value is -2.23. The quantitative estimate of drug-likeness (QED) is 0.793. The summed E-state index contributed by atoms with van der Waals surface area (Å²) in [5.74, 6) is 0.833. The number of anilines is 1. The van der Waals surface area contributed by atoms with Gasteiger partial charge in [-0.1, -0.05) is 43.5 Å². The number of nitrogens with one attached hydrogen (secondary N) is 2. The SMILES string of the molecule is O=C(NCC1CCCCC1)Nc1cccc2c(O)cccc12. The van der Waals surface area contributed by atoms with Crippen molar-refractivity contribution in [3.63, 3.8) is 0 Å². The fraction of sp³-hybridized carbons (Fsp3) is 0.389. The van der Waals surface area contributed by atoms with Crippen molar-refractivity contribution in [2.75, 3.05) is 11.9 Å². The largest absolute Gasteiger partial charge is 0.507 e. The lowest BCUT2D eigenvalue weighted by Gasteiger charge is -2.21. The number of phenolic OH excluding ortho intramolecular Hbond substituents is 1. The van der Waals surface area contributed by atoms with E-state index in [2.05, 4.69) is 10.6 Å². The summed E-state index contributed by atoms with van der Waals surface area (Å²) >= 11 is 0. The van der Waals surface area contributed by atoms with Crippen molar-refractivity contribution < 1.29 is 9.90 Å². The lowest BCUT2D eigenvalue weighted by atomic mass is 9.89. The van der Waals surface area contributed by atoms with Crippen LogP contribution in [0.4, 0.5) is 10.5 Å². The van der Waals surface area contributed by atoms with E-state index in [0.29, 0.717) is 5.92 Å². The molecule has 4 heteroatoms. The molecule has 4 nitrogen and oxygen atoms in total. The minimum Gasteiger partial charge on any atom is -0.507 e. The van der Waals surface area contributed by atoms with Crippen LogP contribution in [0.3, 0.4) is 0 Å². The minimum atomic E-state index is -0.179. The van der Waals surface area contributed by atoms with Gasteiger partial charge in [0.2, 0.25) is 0 Å². The van der Waals surface area contributed by atoms with Crippen LogP contribution in [-0.4, -0.2) is 17.7 Å². The topological polar surface area (TPSA) is 61.4 Å². The Labute approximate surface area is 130 Å². The number of urea groups is 1. The number of fused-ring (bicyclic) bond motifs is 1. The maximum Gasteiger partial charge on any atom is 0.319 e. The number of rotatable bonds is 3. The number of aromatic hydroxyl groups is 1. The Morgan fingerprint density at radius 3 is 2.59 bits per heavy atom. The molecule has 2 aromatic carbocycles. The Morgan fingerprint density at radius 1 is 1.05 bits per heavy atom. The average molecular weight is 298 g/mol. The molecule has 0 bridgehead atoms. The molecule has 1 aliphatic carbocycles. The van der Waals surface area contributed by atoms with Gasteiger partial charge in [-0.25, -0.2) is 4.79 Å². The number of benzene rings is 2. The van der Waals surface area contributed by atoms with E-state index in [1.807, 2.05) is 24.3 Å². The molecular formula is C18H22N2O2. The van der Waals surface area contributed by atoms with Crippen LogP contribution in [-0.2, 0) is 0 Å². The van der Waals surface area contributed by atoms with E-state index >= 15 is 0 Å². The third-order valence-corrected chi connectivity index (χ3v) is 4.42. The molecule has 0 atom stereocenters. The van der Waals surface area contributed by atoms with Crippen LogP contribution in [0.5, 0.6) is 5.75 Å². The van der Waals surface area contributed by atoms with E-state index in [-0.39, 0.29) is 11.8 Å². The molecule has 2 amide bonds. The monoisotopic (exact) mass is 298 g/mol. The Balaban J connectivity index is 1.65. The molecule has 3 rings (SSSR count). The predicted molar refractivity (Wildman–Crippen MR) is 89.2 cm³/mol. The first-order chi connectivity index (χ1) is 10.7. The molecule has 1 aliphatic rings. The maximum atomic E-state index is 12.1. The fourth-order valence-corrected chi connectivity index (χ4v) is 3.20. The third-order valence-electron chi connectivity index (χ3n) is 4.42. The summed E-state index contributed by atoms with van der Waals surface area (Å²) in [6.07, 6.45) is 6.29. The standard InChI is InChI=1S/C18H22N2O2/c21-17-11-5-8-14-15(17)9-4-10-16(14)20-18(22)19-12-13-6-2-1-3-7-13/h4-5,8-11,13,21H,1-3,6-7,12H2,(H2,19,20,22). The van der Waals surface area contributed by atoms with Crippen LogP contribution in [0.2, 0.25) is 0 Å². The predicted octanol–water partition coefficient (Wildman–Crippen LogP) is 4.25. The first-order valence-electron chi connectivity index (χ1n) is 7.99. The smallest absolute Gasteiger partial charge is 0.319 e. The first kappa shape index (κ1) is 14.7. The van der Waals surface area contributed by atoms with E-state index in [1.54, 1.807) is 12.1 Å². The number of carbonyl (C=O) groups excluding carboxylic acids is 1. The number of hydrogen-bond donors (Lipinski definition) is 3. The van der Waals surface area contributed by atoms with Gasteiger partial charge in [-0.15, -0.1) is 0 Å². The van der Waals surface area contributed by atoms with Crippen LogP contribution in [0.1, 0.15) is 32.1 Å². The molecule has 1 saturated carbocycles. The normalized spacial score (nSPS) is 15.6. The summed E-state index contributed by atoms with van der Waals surface area (Å²) in [5, 5.41) is 17.3. The third kappa shape index (κ3) is 3.32. The van der Waals surface area contributed by atoms with Gasteiger partial charge in [-0.2, -0.15) is 0 Å². The van der Waals surface area contributed by atoms with Crippen LogP contribution < -0.4 is 10.6 Å². The summed E-state index contributed by atoms with van der Waals surface area (Å²) in [4.78, 5) is 12.1. The molecule has 0 aromatic heterocycles. The van der Waals surface area contributed by atoms with Crippen molar-refractivity contribution in [3.8, 4) is 5.75 Å². The van der Waals surface area contributed by atoms with Gasteiger partial charge in [-0.3, -0.25) is 0 Å². The molecule has 3 N–H and O–H groups in total. The highest BCUT2D eigenvalue weighted by Gasteiger charge is 2.14. The van der Waals surface area contributed by atoms with Gasteiger partial charge in [0, 0.05) is 17.3 Å². The molecule has 116 valence electrons. The molecule has 0 radical (unpaired) electrons. The zero-order valence-corrected chi connectivity index (χ0v) is 12.6. The van der Waals surface area contributed by atoms with E-state index in [1.165, 1.54) is 32.1 Å². The first-order valence-corrected chi connectivity index (χ1v) is 7.99. The van der Waals surface area contributed by atoms with Crippen molar-refractivity contribution in [3.05, 3.63) is 36.4 Å². The lowest BCUT2D eigenvalue weighted by molar-refractivity contribution is 0.247. The van der Waals surface area contributed by atoms with E-state index < -0.39 is 0 Å². The molecule has 0 aliphatic heterocycles. The number of amides is 2. The molecule has 0 unspecified atom stereocenters. The van der Waals surface area contributed by atoms with Gasteiger partial charge in [-0.05, 0) is 30.9 Å². The van der Waals surface area contributed by atoms with Crippen molar-refractivity contribution in [1.82, 2.24) is 5.32 Å². The Kier molecular flexibility index (Phi) is 4.47. The second-order valence-corrected chi connectivity index (χ2v) is 6.02. The molecule has 1 fully saturated rings. The molecular weight excluding hydrogens is 276 g/mol. The summed E-state index contributed by atoms with van der Waals surface area (Å²) in [5.41, 5.74) is 0.717. The molecule has 0 saturated heterocycles. The second-order valence-electron chi connectivity index (χ2n) is 6.02. The number of phenols is 1. The van der Waals surface area contributed by atoms with Gasteiger partial charge < -0.3 is 15.7 Å². The van der Waals surface area contributed by atoms with Crippen LogP contribution in [0.25, 0.3) is 10.8 Å². The zero-order chi connectivity index (χ0) is 15.4. The summed E-state index contributed by atoms with van der Waals surface area (Å²) < 4.78 is 0. The zero-order valence-electron chi connectivity index (χ0n) is 12.6. The van der Waals surface area contributed by atoms with E-state index in [4.69, 9.17) is 0 Å². The van der Waals surface area contributed by atoms with Gasteiger partial charge in [0.1, 0.15) is 5.75 Å². The van der Waals surface area contributed by atoms with E-state index in [0.717, 1.165) is 23.0 Å². The van der Waals surface area contributed by atoms with Crippen molar-refractivity contribution in [1.29, 1.82) is 0 Å². The molecule has 22 heavy (non-hydrogen) atoms. The van der Waals surface area contributed by atoms with Gasteiger partial charge in [0.05, 0.1) is 5.69 Å². The van der Waals surface area contributed by atoms with Crippen LogP contribution >= 0.6 is 0 Å². The fourth-order valence-electron chi connectivity index (χ4n) is 3.20. The molecule has 2 aromatic rings. The molecule has 0 spiro atoms. The van der Waals surface area contributed by atoms with Crippen molar-refractivity contribution in [2.45, 2.75) is 32.1 Å². The van der Waals surface area contributed by atoms with Gasteiger partial charge in [0.15, 0.2) is 0 Å². The highest BCUT2D eigenvalue weighted by atomic mass is 16.3. The van der Waals surface area contributed by atoms with E-state index in [9.17, 15) is 9.90 Å². The lowest BCUT2D eigenvalue weighted by Crippen LogP contribution is -2.33. The number of hydrogen-bond acceptors (Lipinski definition) is 2. The van der Waals surface area contributed by atoms with Crippen molar-refractivity contribution >= 4 is 22.5 Å². The van der Waals surface area contributed by atoms with Crippen molar-refractivity contribution in [2.24, 2.45) is 5.92 Å². The van der Waals surface area contributed by atoms with Crippen LogP contribution in [0, 0.1) is 5.92 Å². The maximum absolute atomic E-state index is 12.1. The highest BCUT2D eigenvalue weighted by Crippen LogP contribution is 2.29. The second kappa shape index (κ2) is 6.69. The Morgan fingerprint density at radius 2 is 1.77 bits per heavy atom. The molecule has 0 heterocycles. The van der Waals surface area contributed by atoms with Gasteiger partial charge >= 0.3 is 6.03 Å². The summed E-state index contributed by atoms with van der Waals surface area (Å²) in [7, 11) is 0. The number of carbonyl (C=O) groups is 1. The summed E-state index contributed by atoms with van der Waals surface area (Å²) in [6.45, 7) is 0.738. The van der Waals surface area contributed by atoms with Crippen LogP contribution in [0.15, 0.2) is 36.4 Å². The highest BCUT2D eigenvalue weighted by molar-refractivity contribution is 6.03. The summed E-state index contributed by atoms with van der Waals surface area (Å²) in [6, 6.07) is 10.7. The average Bonchev–Trinajstić information content (AvgIpc) is 2.55. The Bertz CT molecular complexity index is 663.